The van der Waals surface area contributed by atoms with Gasteiger partial charge in [-0.05, 0) is 88.0 Å². The number of carbonyl (C=O) groups is 3. The van der Waals surface area contributed by atoms with Crippen molar-refractivity contribution in [3.05, 3.63) is 0 Å². The quantitative estimate of drug-likeness (QED) is 0.102. The second-order valence-electron chi connectivity index (χ2n) is 14.9. The van der Waals surface area contributed by atoms with Crippen LogP contribution >= 0.6 is 0 Å². The Morgan fingerprint density at radius 1 is 0.400 bits per heavy atom. The van der Waals surface area contributed by atoms with Crippen molar-refractivity contribution >= 4 is 18.3 Å². The number of unbranched alkanes of at least 4 members (excludes halogenated alkanes) is 9. The van der Waals surface area contributed by atoms with E-state index in [1.807, 2.05) is 67.2 Å². The average molecular weight is 644 g/mol. The molecule has 11 nitrogen and oxygen atoms in total. The van der Waals surface area contributed by atoms with E-state index in [4.69, 9.17) is 25.7 Å². The molecule has 0 aliphatic heterocycles. The molecular formula is C34H69N5O6. The molecule has 0 aromatic rings. The molecule has 0 spiro atoms. The number of rotatable bonds is 21. The smallest absolute Gasteiger partial charge is 0.410 e. The molecule has 266 valence electrons. The molecule has 0 rings (SSSR count). The van der Waals surface area contributed by atoms with Gasteiger partial charge in [-0.3, -0.25) is 0 Å². The van der Waals surface area contributed by atoms with Crippen molar-refractivity contribution in [1.82, 2.24) is 14.7 Å². The zero-order valence-electron chi connectivity index (χ0n) is 30.4. The summed E-state index contributed by atoms with van der Waals surface area (Å²) in [5, 5.41) is 0. The van der Waals surface area contributed by atoms with Gasteiger partial charge >= 0.3 is 18.3 Å². The van der Waals surface area contributed by atoms with Crippen molar-refractivity contribution in [2.45, 2.75) is 150 Å². The molecule has 0 saturated carbocycles. The lowest BCUT2D eigenvalue weighted by Crippen LogP contribution is -2.40. The number of amides is 3. The van der Waals surface area contributed by atoms with E-state index < -0.39 is 16.8 Å². The zero-order chi connectivity index (χ0) is 34.5. The average Bonchev–Trinajstić information content (AvgIpc) is 2.88. The van der Waals surface area contributed by atoms with Crippen LogP contribution in [0.1, 0.15) is 133 Å². The van der Waals surface area contributed by atoms with E-state index in [9.17, 15) is 14.4 Å². The van der Waals surface area contributed by atoms with Crippen molar-refractivity contribution < 1.29 is 28.6 Å². The van der Waals surface area contributed by atoms with E-state index >= 15 is 0 Å². The largest absolute Gasteiger partial charge is 0.444 e. The molecule has 0 aromatic heterocycles. The maximum Gasteiger partial charge on any atom is 0.410 e. The van der Waals surface area contributed by atoms with Crippen molar-refractivity contribution in [3.8, 4) is 0 Å². The van der Waals surface area contributed by atoms with Crippen molar-refractivity contribution in [3.63, 3.8) is 0 Å². The molecule has 0 bridgehead atoms. The van der Waals surface area contributed by atoms with E-state index in [-0.39, 0.29) is 18.3 Å². The molecule has 0 aliphatic carbocycles. The Morgan fingerprint density at radius 2 is 0.600 bits per heavy atom. The molecule has 0 unspecified atom stereocenters. The third-order valence-corrected chi connectivity index (χ3v) is 6.72. The molecule has 0 heterocycles. The highest BCUT2D eigenvalue weighted by Gasteiger charge is 2.23. The van der Waals surface area contributed by atoms with Crippen LogP contribution < -0.4 is 11.5 Å². The van der Waals surface area contributed by atoms with E-state index in [0.717, 1.165) is 70.6 Å². The zero-order valence-corrected chi connectivity index (χ0v) is 30.4. The lowest BCUT2D eigenvalue weighted by atomic mass is 10.1. The van der Waals surface area contributed by atoms with Crippen LogP contribution in [0.25, 0.3) is 0 Å². The van der Waals surface area contributed by atoms with Gasteiger partial charge in [0.1, 0.15) is 16.8 Å². The third-order valence-electron chi connectivity index (χ3n) is 6.72. The van der Waals surface area contributed by atoms with Gasteiger partial charge in [0.2, 0.25) is 0 Å². The fraction of sp³-hybridized carbons (Fsp3) is 0.912. The molecule has 0 aromatic carbocycles. The van der Waals surface area contributed by atoms with Crippen LogP contribution in [0.5, 0.6) is 0 Å². The SMILES string of the molecule is CC(C)(C)OC(=O)N(CCN)CCCCCCCCN(CCCCCCCN(CCN)C(=O)OC(C)(C)C)C(=O)OC(C)(C)C. The summed E-state index contributed by atoms with van der Waals surface area (Å²) in [6.45, 7) is 21.3. The summed E-state index contributed by atoms with van der Waals surface area (Å²) in [6.07, 6.45) is 10.0. The first-order chi connectivity index (χ1) is 20.9. The van der Waals surface area contributed by atoms with Crippen LogP contribution in [0, 0.1) is 0 Å². The van der Waals surface area contributed by atoms with Crippen LogP contribution in [0.2, 0.25) is 0 Å². The summed E-state index contributed by atoms with van der Waals surface area (Å²) in [4.78, 5) is 42.9. The topological polar surface area (TPSA) is 141 Å². The van der Waals surface area contributed by atoms with Gasteiger partial charge in [0, 0.05) is 52.4 Å². The molecular weight excluding hydrogens is 574 g/mol. The minimum Gasteiger partial charge on any atom is -0.444 e. The van der Waals surface area contributed by atoms with Gasteiger partial charge < -0.3 is 40.4 Å². The van der Waals surface area contributed by atoms with Gasteiger partial charge in [-0.2, -0.15) is 0 Å². The molecule has 0 radical (unpaired) electrons. The van der Waals surface area contributed by atoms with Crippen LogP contribution in [0.4, 0.5) is 14.4 Å². The first-order valence-electron chi connectivity index (χ1n) is 17.2. The monoisotopic (exact) mass is 644 g/mol. The predicted octanol–water partition coefficient (Wildman–Crippen LogP) is 6.91. The predicted molar refractivity (Wildman–Crippen MR) is 182 cm³/mol. The highest BCUT2D eigenvalue weighted by Crippen LogP contribution is 2.16. The summed E-state index contributed by atoms with van der Waals surface area (Å²) in [5.41, 5.74) is 9.81. The third kappa shape index (κ3) is 24.6. The fourth-order valence-electron chi connectivity index (χ4n) is 4.62. The number of hydrogen-bond acceptors (Lipinski definition) is 8. The molecule has 45 heavy (non-hydrogen) atoms. The lowest BCUT2D eigenvalue weighted by molar-refractivity contribution is 0.0235. The number of nitrogens with zero attached hydrogens (tertiary/aromatic N) is 3. The van der Waals surface area contributed by atoms with Gasteiger partial charge in [0.25, 0.3) is 0 Å². The van der Waals surface area contributed by atoms with E-state index in [1.165, 1.54) is 0 Å². The van der Waals surface area contributed by atoms with E-state index in [2.05, 4.69) is 0 Å². The molecule has 0 fully saturated rings. The molecule has 0 aliphatic rings. The molecule has 4 N–H and O–H groups in total. The van der Waals surface area contributed by atoms with Gasteiger partial charge in [-0.25, -0.2) is 14.4 Å². The first-order valence-corrected chi connectivity index (χ1v) is 17.2. The number of carbonyl (C=O) groups excluding carboxylic acids is 3. The summed E-state index contributed by atoms with van der Waals surface area (Å²) in [7, 11) is 0. The molecule has 11 heteroatoms. The minimum atomic E-state index is -0.532. The Kier molecular flexibility index (Phi) is 21.2. The summed E-state index contributed by atoms with van der Waals surface area (Å²) >= 11 is 0. The lowest BCUT2D eigenvalue weighted by Gasteiger charge is -2.28. The van der Waals surface area contributed by atoms with Crippen LogP contribution in [-0.4, -0.2) is 102 Å². The second-order valence-corrected chi connectivity index (χ2v) is 14.9. The van der Waals surface area contributed by atoms with Crippen LogP contribution in [0.3, 0.4) is 0 Å². The van der Waals surface area contributed by atoms with Crippen LogP contribution in [0.15, 0.2) is 0 Å². The van der Waals surface area contributed by atoms with E-state index in [0.29, 0.717) is 52.4 Å². The van der Waals surface area contributed by atoms with Crippen molar-refractivity contribution in [2.24, 2.45) is 11.5 Å². The van der Waals surface area contributed by atoms with Crippen molar-refractivity contribution in [2.75, 3.05) is 52.4 Å². The van der Waals surface area contributed by atoms with Crippen LogP contribution in [-0.2, 0) is 14.2 Å². The van der Waals surface area contributed by atoms with Gasteiger partial charge in [-0.1, -0.05) is 44.9 Å². The number of nitrogens with two attached hydrogens (primary N) is 2. The van der Waals surface area contributed by atoms with Crippen molar-refractivity contribution in [1.29, 1.82) is 0 Å². The highest BCUT2D eigenvalue weighted by molar-refractivity contribution is 5.68. The Balaban J connectivity index is 4.47. The summed E-state index contributed by atoms with van der Waals surface area (Å²) in [6, 6.07) is 0. The minimum absolute atomic E-state index is 0.251. The molecule has 3 amide bonds. The normalized spacial score (nSPS) is 12.1. The molecule has 0 atom stereocenters. The van der Waals surface area contributed by atoms with Gasteiger partial charge in [0.15, 0.2) is 0 Å². The number of hydrogen-bond donors (Lipinski definition) is 2. The summed E-state index contributed by atoms with van der Waals surface area (Å²) < 4.78 is 16.7. The first kappa shape index (κ1) is 42.7. The fourth-order valence-corrected chi connectivity index (χ4v) is 4.62. The molecule has 0 saturated heterocycles. The highest BCUT2D eigenvalue weighted by atomic mass is 16.6. The van der Waals surface area contributed by atoms with E-state index in [1.54, 1.807) is 9.80 Å². The Morgan fingerprint density at radius 3 is 0.800 bits per heavy atom. The standard InChI is InChI=1S/C34H69N5O6/c1-32(2,3)43-29(40)37(24-18-15-12-16-20-26-39(28-22-36)31(42)45-34(7,8)9)23-17-13-10-11-14-19-25-38(27-21-35)30(41)44-33(4,5)6/h10-28,35-36H2,1-9H3. The second kappa shape index (κ2) is 22.3. The maximum absolute atomic E-state index is 12.9. The Bertz CT molecular complexity index is 819. The Labute approximate surface area is 275 Å². The maximum atomic E-state index is 12.9. The Hall–Kier alpha value is -2.27. The van der Waals surface area contributed by atoms with Gasteiger partial charge in [0.05, 0.1) is 0 Å². The summed E-state index contributed by atoms with van der Waals surface area (Å²) in [5.74, 6) is 0. The van der Waals surface area contributed by atoms with Gasteiger partial charge in [-0.15, -0.1) is 0 Å². The number of ether oxygens (including phenoxy) is 3.